The van der Waals surface area contributed by atoms with Crippen molar-refractivity contribution in [3.8, 4) is 17.2 Å². The minimum Gasteiger partial charge on any atom is -0.484 e. The van der Waals surface area contributed by atoms with E-state index in [0.717, 1.165) is 5.56 Å². The molecule has 120 valence electrons. The number of halogens is 1. The van der Waals surface area contributed by atoms with Gasteiger partial charge in [-0.1, -0.05) is 6.07 Å². The Hall–Kier alpha value is -2.76. The number of ether oxygens (including phenoxy) is 3. The van der Waals surface area contributed by atoms with Gasteiger partial charge in [0.1, 0.15) is 11.6 Å². The van der Waals surface area contributed by atoms with Crippen LogP contribution in [0.1, 0.15) is 18.5 Å². The number of amides is 1. The van der Waals surface area contributed by atoms with E-state index in [-0.39, 0.29) is 31.2 Å². The molecule has 0 aliphatic carbocycles. The van der Waals surface area contributed by atoms with Crippen LogP contribution in [0.3, 0.4) is 0 Å². The zero-order valence-electron chi connectivity index (χ0n) is 12.5. The number of carbonyl (C=O) groups excluding carboxylic acids is 1. The largest absolute Gasteiger partial charge is 0.484 e. The predicted octanol–water partition coefficient (Wildman–Crippen LogP) is 2.81. The SMILES string of the molecule is CC(NC(=O)COc1ccc(F)cc1)c1ccc2c(c1)OCO2. The maximum atomic E-state index is 12.8. The van der Waals surface area contributed by atoms with E-state index in [1.165, 1.54) is 24.3 Å². The first-order valence-electron chi connectivity index (χ1n) is 7.19. The van der Waals surface area contributed by atoms with Crippen molar-refractivity contribution in [3.63, 3.8) is 0 Å². The summed E-state index contributed by atoms with van der Waals surface area (Å²) < 4.78 is 28.7. The summed E-state index contributed by atoms with van der Waals surface area (Å²) in [5.74, 6) is 1.20. The lowest BCUT2D eigenvalue weighted by atomic mass is 10.1. The first kappa shape index (κ1) is 15.1. The van der Waals surface area contributed by atoms with Crippen LogP contribution in [0, 0.1) is 5.82 Å². The molecule has 23 heavy (non-hydrogen) atoms. The number of rotatable bonds is 5. The average Bonchev–Trinajstić information content (AvgIpc) is 3.02. The van der Waals surface area contributed by atoms with E-state index in [1.54, 1.807) is 0 Å². The van der Waals surface area contributed by atoms with Crippen molar-refractivity contribution in [2.45, 2.75) is 13.0 Å². The van der Waals surface area contributed by atoms with Gasteiger partial charge in [-0.3, -0.25) is 4.79 Å². The van der Waals surface area contributed by atoms with Gasteiger partial charge in [0.25, 0.3) is 5.91 Å². The van der Waals surface area contributed by atoms with Crippen LogP contribution in [0.4, 0.5) is 4.39 Å². The molecule has 0 radical (unpaired) electrons. The molecule has 1 amide bonds. The van der Waals surface area contributed by atoms with Gasteiger partial charge in [-0.05, 0) is 48.9 Å². The summed E-state index contributed by atoms with van der Waals surface area (Å²) in [6.45, 7) is 1.94. The molecule has 1 aliphatic heterocycles. The van der Waals surface area contributed by atoms with Gasteiger partial charge in [-0.25, -0.2) is 4.39 Å². The van der Waals surface area contributed by atoms with E-state index < -0.39 is 0 Å². The minimum absolute atomic E-state index is 0.138. The van der Waals surface area contributed by atoms with E-state index in [4.69, 9.17) is 14.2 Å². The van der Waals surface area contributed by atoms with Gasteiger partial charge < -0.3 is 19.5 Å². The van der Waals surface area contributed by atoms with Crippen LogP contribution in [0.5, 0.6) is 17.2 Å². The lowest BCUT2D eigenvalue weighted by molar-refractivity contribution is -0.123. The molecule has 0 fully saturated rings. The normalized spacial score (nSPS) is 13.5. The molecular formula is C17H16FNO4. The fraction of sp³-hybridized carbons (Fsp3) is 0.235. The van der Waals surface area contributed by atoms with E-state index >= 15 is 0 Å². The van der Waals surface area contributed by atoms with Crippen molar-refractivity contribution in [3.05, 3.63) is 53.8 Å². The first-order valence-corrected chi connectivity index (χ1v) is 7.19. The van der Waals surface area contributed by atoms with Crippen molar-refractivity contribution in [1.29, 1.82) is 0 Å². The van der Waals surface area contributed by atoms with Crippen molar-refractivity contribution in [2.24, 2.45) is 0 Å². The summed E-state index contributed by atoms with van der Waals surface area (Å²) in [4.78, 5) is 11.9. The molecule has 3 rings (SSSR count). The minimum atomic E-state index is -0.349. The quantitative estimate of drug-likeness (QED) is 0.921. The number of hydrogen-bond donors (Lipinski definition) is 1. The number of fused-ring (bicyclic) bond motifs is 1. The van der Waals surface area contributed by atoms with Crippen molar-refractivity contribution in [1.82, 2.24) is 5.32 Å². The van der Waals surface area contributed by atoms with Crippen molar-refractivity contribution < 1.29 is 23.4 Å². The third-order valence-corrected chi connectivity index (χ3v) is 3.46. The molecule has 1 aliphatic rings. The van der Waals surface area contributed by atoms with Crippen molar-refractivity contribution in [2.75, 3.05) is 13.4 Å². The van der Waals surface area contributed by atoms with Gasteiger partial charge in [-0.2, -0.15) is 0 Å². The van der Waals surface area contributed by atoms with Gasteiger partial charge in [-0.15, -0.1) is 0 Å². The molecule has 2 aromatic carbocycles. The van der Waals surface area contributed by atoms with Gasteiger partial charge >= 0.3 is 0 Å². The highest BCUT2D eigenvalue weighted by atomic mass is 19.1. The fourth-order valence-electron chi connectivity index (χ4n) is 2.23. The van der Waals surface area contributed by atoms with Crippen LogP contribution in [0.15, 0.2) is 42.5 Å². The maximum absolute atomic E-state index is 12.8. The zero-order valence-corrected chi connectivity index (χ0v) is 12.5. The molecule has 5 nitrogen and oxygen atoms in total. The molecule has 1 unspecified atom stereocenters. The van der Waals surface area contributed by atoms with Gasteiger partial charge in [0.2, 0.25) is 6.79 Å². The third-order valence-electron chi connectivity index (χ3n) is 3.46. The van der Waals surface area contributed by atoms with Gasteiger partial charge in [0.15, 0.2) is 18.1 Å². The smallest absolute Gasteiger partial charge is 0.258 e. The monoisotopic (exact) mass is 317 g/mol. The molecule has 0 bridgehead atoms. The number of nitrogens with one attached hydrogen (secondary N) is 1. The van der Waals surface area contributed by atoms with Crippen molar-refractivity contribution >= 4 is 5.91 Å². The van der Waals surface area contributed by atoms with E-state index in [9.17, 15) is 9.18 Å². The molecule has 2 aromatic rings. The summed E-state index contributed by atoms with van der Waals surface area (Å²) in [6.07, 6.45) is 0. The highest BCUT2D eigenvalue weighted by Gasteiger charge is 2.17. The number of benzene rings is 2. The lowest BCUT2D eigenvalue weighted by Gasteiger charge is -2.15. The Morgan fingerprint density at radius 3 is 2.74 bits per heavy atom. The molecule has 1 N–H and O–H groups in total. The van der Waals surface area contributed by atoms with Crippen LogP contribution >= 0.6 is 0 Å². The van der Waals surface area contributed by atoms with Crippen LogP contribution < -0.4 is 19.5 Å². The molecule has 1 heterocycles. The fourth-order valence-corrected chi connectivity index (χ4v) is 2.23. The molecule has 1 atom stereocenters. The molecule has 0 saturated carbocycles. The topological polar surface area (TPSA) is 56.8 Å². The zero-order chi connectivity index (χ0) is 16.2. The second-order valence-corrected chi connectivity index (χ2v) is 5.14. The lowest BCUT2D eigenvalue weighted by Crippen LogP contribution is -2.31. The van der Waals surface area contributed by atoms with Gasteiger partial charge in [0.05, 0.1) is 6.04 Å². The highest BCUT2D eigenvalue weighted by Crippen LogP contribution is 2.34. The molecule has 0 aromatic heterocycles. The third kappa shape index (κ3) is 3.71. The summed E-state index contributed by atoms with van der Waals surface area (Å²) in [5, 5.41) is 2.83. The van der Waals surface area contributed by atoms with E-state index in [1.807, 2.05) is 25.1 Å². The maximum Gasteiger partial charge on any atom is 0.258 e. The number of hydrogen-bond acceptors (Lipinski definition) is 4. The first-order chi connectivity index (χ1) is 11.1. The molecule has 0 saturated heterocycles. The average molecular weight is 317 g/mol. The van der Waals surface area contributed by atoms with Gasteiger partial charge in [0, 0.05) is 0 Å². The summed E-state index contributed by atoms with van der Waals surface area (Å²) in [6, 6.07) is 10.8. The second-order valence-electron chi connectivity index (χ2n) is 5.14. The Labute approximate surface area is 133 Å². The van der Waals surface area contributed by atoms with Crippen LogP contribution in [-0.2, 0) is 4.79 Å². The summed E-state index contributed by atoms with van der Waals surface area (Å²) in [7, 11) is 0. The van der Waals surface area contributed by atoms with E-state index in [2.05, 4.69) is 5.32 Å². The Morgan fingerprint density at radius 2 is 1.96 bits per heavy atom. The summed E-state index contributed by atoms with van der Waals surface area (Å²) >= 11 is 0. The van der Waals surface area contributed by atoms with Crippen LogP contribution in [0.25, 0.3) is 0 Å². The van der Waals surface area contributed by atoms with E-state index in [0.29, 0.717) is 17.2 Å². The standard InChI is InChI=1S/C17H16FNO4/c1-11(12-2-7-15-16(8-12)23-10-22-15)19-17(20)9-21-14-5-3-13(18)4-6-14/h2-8,11H,9-10H2,1H3,(H,19,20). The Bertz CT molecular complexity index is 702. The molecule has 0 spiro atoms. The second kappa shape index (κ2) is 6.56. The number of carbonyl (C=O) groups is 1. The molecular weight excluding hydrogens is 301 g/mol. The summed E-state index contributed by atoms with van der Waals surface area (Å²) in [5.41, 5.74) is 0.907. The Kier molecular flexibility index (Phi) is 4.32. The molecule has 6 heteroatoms. The van der Waals surface area contributed by atoms with Crippen LogP contribution in [-0.4, -0.2) is 19.3 Å². The van der Waals surface area contributed by atoms with Crippen LogP contribution in [0.2, 0.25) is 0 Å². The highest BCUT2D eigenvalue weighted by molar-refractivity contribution is 5.78. The Balaban J connectivity index is 1.54. The predicted molar refractivity (Wildman–Crippen MR) is 81.0 cm³/mol. The Morgan fingerprint density at radius 1 is 1.22 bits per heavy atom.